The highest BCUT2D eigenvalue weighted by Gasteiger charge is 2.25. The molecule has 1 heterocycles. The summed E-state index contributed by atoms with van der Waals surface area (Å²) in [5.41, 5.74) is 3.79. The fourth-order valence-corrected chi connectivity index (χ4v) is 2.59. The first kappa shape index (κ1) is 13.4. The minimum Gasteiger partial charge on any atom is -0.481 e. The van der Waals surface area contributed by atoms with Gasteiger partial charge in [-0.2, -0.15) is 0 Å². The molecule has 4 heteroatoms. The molecule has 4 nitrogen and oxygen atoms in total. The number of hydrogen-bond donors (Lipinski definition) is 2. The fraction of sp³-hybridized carbons (Fsp3) is 0.176. The van der Waals surface area contributed by atoms with Crippen LogP contribution < -0.4 is 4.90 Å². The quantitative estimate of drug-likeness (QED) is 0.907. The highest BCUT2D eigenvalue weighted by Crippen LogP contribution is 2.29. The molecule has 0 saturated heterocycles. The van der Waals surface area contributed by atoms with E-state index in [1.165, 1.54) is 0 Å². The summed E-state index contributed by atoms with van der Waals surface area (Å²) in [5.74, 6) is -0.858. The number of carboxylic acid groups (broad SMARTS) is 1. The zero-order valence-corrected chi connectivity index (χ0v) is 11.7. The minimum absolute atomic E-state index is 0.490. The number of benzene rings is 2. The molecule has 0 saturated carbocycles. The third-order valence-electron chi connectivity index (χ3n) is 3.95. The van der Waals surface area contributed by atoms with E-state index < -0.39 is 11.9 Å². The number of carbonyl (C=O) groups is 1. The molecule has 3 rings (SSSR count). The third kappa shape index (κ3) is 2.29. The van der Waals surface area contributed by atoms with E-state index >= 15 is 0 Å². The van der Waals surface area contributed by atoms with E-state index in [4.69, 9.17) is 10.5 Å². The zero-order valence-electron chi connectivity index (χ0n) is 11.7. The van der Waals surface area contributed by atoms with Crippen LogP contribution in [0, 0.1) is 5.41 Å². The lowest BCUT2D eigenvalue weighted by molar-refractivity contribution is -0.138. The van der Waals surface area contributed by atoms with Gasteiger partial charge in [0.1, 0.15) is 5.84 Å². The van der Waals surface area contributed by atoms with Gasteiger partial charge in [0, 0.05) is 11.3 Å². The van der Waals surface area contributed by atoms with Crippen LogP contribution in [0.5, 0.6) is 0 Å². The van der Waals surface area contributed by atoms with Crippen molar-refractivity contribution in [1.82, 2.24) is 0 Å². The molecule has 2 aromatic rings. The molecule has 106 valence electrons. The van der Waals surface area contributed by atoms with Crippen LogP contribution in [0.4, 0.5) is 5.69 Å². The zero-order chi connectivity index (χ0) is 15.0. The second-order valence-electron chi connectivity index (χ2n) is 5.24. The molecule has 0 amide bonds. The number of amidine groups is 1. The number of carboxylic acids is 1. The second kappa shape index (κ2) is 5.05. The van der Waals surface area contributed by atoms with E-state index in [9.17, 15) is 4.79 Å². The highest BCUT2D eigenvalue weighted by molar-refractivity contribution is 6.11. The van der Waals surface area contributed by atoms with Crippen LogP contribution in [0.25, 0.3) is 0 Å². The van der Waals surface area contributed by atoms with Crippen molar-refractivity contribution in [2.75, 3.05) is 4.90 Å². The number of hydrogen-bond acceptors (Lipinski definition) is 2. The van der Waals surface area contributed by atoms with E-state index in [0.29, 0.717) is 12.4 Å². The number of nitrogens with one attached hydrogen (secondary N) is 1. The first-order valence-corrected chi connectivity index (χ1v) is 6.85. The van der Waals surface area contributed by atoms with Gasteiger partial charge in [-0.15, -0.1) is 0 Å². The first-order valence-electron chi connectivity index (χ1n) is 6.85. The molecule has 2 N–H and O–H groups in total. The maximum Gasteiger partial charge on any atom is 0.310 e. The average Bonchev–Trinajstić information content (AvgIpc) is 2.84. The first-order chi connectivity index (χ1) is 10.1. The third-order valence-corrected chi connectivity index (χ3v) is 3.95. The van der Waals surface area contributed by atoms with Gasteiger partial charge in [0.2, 0.25) is 0 Å². The molecule has 0 fully saturated rings. The molecule has 0 aliphatic carbocycles. The Hall–Kier alpha value is -2.62. The Balaban J connectivity index is 1.87. The maximum atomic E-state index is 11.0. The van der Waals surface area contributed by atoms with Crippen LogP contribution in [0.15, 0.2) is 48.5 Å². The van der Waals surface area contributed by atoms with Gasteiger partial charge in [-0.05, 0) is 30.2 Å². The summed E-state index contributed by atoms with van der Waals surface area (Å²) in [7, 11) is 0. The van der Waals surface area contributed by atoms with Gasteiger partial charge >= 0.3 is 5.97 Å². The molecule has 0 radical (unpaired) electrons. The molecule has 2 aromatic carbocycles. The summed E-state index contributed by atoms with van der Waals surface area (Å²) < 4.78 is 0. The van der Waals surface area contributed by atoms with E-state index in [2.05, 4.69) is 0 Å². The largest absolute Gasteiger partial charge is 0.481 e. The lowest BCUT2D eigenvalue weighted by Gasteiger charge is -2.19. The number of rotatable bonds is 3. The van der Waals surface area contributed by atoms with Crippen molar-refractivity contribution >= 4 is 17.5 Å². The van der Waals surface area contributed by atoms with Crippen molar-refractivity contribution in [2.45, 2.75) is 19.4 Å². The molecule has 21 heavy (non-hydrogen) atoms. The van der Waals surface area contributed by atoms with E-state index in [1.54, 1.807) is 6.92 Å². The van der Waals surface area contributed by atoms with Crippen molar-refractivity contribution in [3.63, 3.8) is 0 Å². The van der Waals surface area contributed by atoms with Crippen LogP contribution in [-0.4, -0.2) is 16.9 Å². The van der Waals surface area contributed by atoms with Crippen LogP contribution in [-0.2, 0) is 11.3 Å². The number of aliphatic carboxylic acids is 1. The predicted octanol–water partition coefficient (Wildman–Crippen LogP) is 3.22. The molecule has 0 aromatic heterocycles. The monoisotopic (exact) mass is 280 g/mol. The van der Waals surface area contributed by atoms with Gasteiger partial charge in [0.05, 0.1) is 12.5 Å². The molecular formula is C17H16N2O2. The summed E-state index contributed by atoms with van der Waals surface area (Å²) in [5, 5.41) is 17.3. The maximum absolute atomic E-state index is 11.0. The number of anilines is 1. The van der Waals surface area contributed by atoms with Crippen LogP contribution in [0.3, 0.4) is 0 Å². The van der Waals surface area contributed by atoms with Crippen LogP contribution >= 0.6 is 0 Å². The smallest absolute Gasteiger partial charge is 0.310 e. The molecular weight excluding hydrogens is 264 g/mol. The topological polar surface area (TPSA) is 64.4 Å². The highest BCUT2D eigenvalue weighted by atomic mass is 16.4. The summed E-state index contributed by atoms with van der Waals surface area (Å²) >= 11 is 0. The molecule has 1 atom stereocenters. The molecule has 0 spiro atoms. The molecule has 1 aliphatic rings. The average molecular weight is 280 g/mol. The predicted molar refractivity (Wildman–Crippen MR) is 81.9 cm³/mol. The van der Waals surface area contributed by atoms with Gasteiger partial charge in [-0.1, -0.05) is 36.4 Å². The van der Waals surface area contributed by atoms with Crippen LogP contribution in [0.1, 0.15) is 29.5 Å². The Morgan fingerprint density at radius 1 is 1.19 bits per heavy atom. The van der Waals surface area contributed by atoms with Crippen molar-refractivity contribution < 1.29 is 9.90 Å². The lowest BCUT2D eigenvalue weighted by Crippen LogP contribution is -2.23. The van der Waals surface area contributed by atoms with Gasteiger partial charge < -0.3 is 10.0 Å². The van der Waals surface area contributed by atoms with Crippen molar-refractivity contribution in [1.29, 1.82) is 5.41 Å². The lowest BCUT2D eigenvalue weighted by atomic mass is 10.0. The minimum atomic E-state index is -0.830. The molecule has 1 unspecified atom stereocenters. The number of nitrogens with zero attached hydrogens (tertiary/aromatic N) is 1. The summed E-state index contributed by atoms with van der Waals surface area (Å²) in [4.78, 5) is 12.9. The van der Waals surface area contributed by atoms with Gasteiger partial charge in [0.25, 0.3) is 0 Å². The van der Waals surface area contributed by atoms with E-state index in [0.717, 1.165) is 22.4 Å². The van der Waals surface area contributed by atoms with Crippen molar-refractivity contribution in [3.05, 3.63) is 65.2 Å². The Morgan fingerprint density at radius 2 is 1.86 bits per heavy atom. The fourth-order valence-electron chi connectivity index (χ4n) is 2.59. The SMILES string of the molecule is CC(C(=O)O)c1ccc(N2Cc3ccccc3C2=N)cc1. The second-order valence-corrected chi connectivity index (χ2v) is 5.24. The summed E-state index contributed by atoms with van der Waals surface area (Å²) in [6.45, 7) is 2.36. The summed E-state index contributed by atoms with van der Waals surface area (Å²) in [6, 6.07) is 15.3. The van der Waals surface area contributed by atoms with Crippen molar-refractivity contribution in [2.24, 2.45) is 0 Å². The molecule has 1 aliphatic heterocycles. The number of fused-ring (bicyclic) bond motifs is 1. The van der Waals surface area contributed by atoms with Gasteiger partial charge in [0.15, 0.2) is 0 Å². The Labute approximate surface area is 123 Å². The standard InChI is InChI=1S/C17H16N2O2/c1-11(17(20)21)12-6-8-14(9-7-12)19-10-13-4-2-3-5-15(13)16(19)18/h2-9,11,18H,10H2,1H3,(H,20,21). The Morgan fingerprint density at radius 3 is 2.48 bits per heavy atom. The van der Waals surface area contributed by atoms with Crippen LogP contribution in [0.2, 0.25) is 0 Å². The van der Waals surface area contributed by atoms with E-state index in [1.807, 2.05) is 53.4 Å². The molecule has 0 bridgehead atoms. The Bertz CT molecular complexity index is 707. The normalized spacial score (nSPS) is 14.9. The van der Waals surface area contributed by atoms with E-state index in [-0.39, 0.29) is 0 Å². The van der Waals surface area contributed by atoms with Gasteiger partial charge in [-0.3, -0.25) is 10.2 Å². The summed E-state index contributed by atoms with van der Waals surface area (Å²) in [6.07, 6.45) is 0. The Kier molecular flexibility index (Phi) is 3.22. The van der Waals surface area contributed by atoms with Crippen molar-refractivity contribution in [3.8, 4) is 0 Å². The van der Waals surface area contributed by atoms with Gasteiger partial charge in [-0.25, -0.2) is 0 Å².